The van der Waals surface area contributed by atoms with Crippen molar-refractivity contribution >= 4 is 17.7 Å². The molecule has 0 aliphatic rings. The summed E-state index contributed by atoms with van der Waals surface area (Å²) in [6, 6.07) is 19.7. The van der Waals surface area contributed by atoms with Gasteiger partial charge in [0.1, 0.15) is 0 Å². The lowest BCUT2D eigenvalue weighted by Gasteiger charge is -2.01. The number of aromatic nitrogens is 2. The van der Waals surface area contributed by atoms with E-state index < -0.39 is 0 Å². The van der Waals surface area contributed by atoms with Crippen LogP contribution in [-0.2, 0) is 0 Å². The van der Waals surface area contributed by atoms with Crippen molar-refractivity contribution in [1.82, 2.24) is 9.97 Å². The van der Waals surface area contributed by atoms with Crippen LogP contribution < -0.4 is 0 Å². The van der Waals surface area contributed by atoms with Crippen molar-refractivity contribution in [2.45, 2.75) is 0 Å². The third-order valence-corrected chi connectivity index (χ3v) is 3.60. The molecule has 2 aromatic carbocycles. The Bertz CT molecular complexity index is 900. The van der Waals surface area contributed by atoms with Gasteiger partial charge in [-0.1, -0.05) is 67.3 Å². The lowest BCUT2D eigenvalue weighted by molar-refractivity contribution is 1.18. The molecule has 0 saturated carbocycles. The van der Waals surface area contributed by atoms with Gasteiger partial charge >= 0.3 is 0 Å². The van der Waals surface area contributed by atoms with E-state index >= 15 is 0 Å². The van der Waals surface area contributed by atoms with Gasteiger partial charge in [0.2, 0.25) is 0 Å². The first-order valence-corrected chi connectivity index (χ1v) is 7.51. The SMILES string of the molecule is C=C(C#N)c1ccc(C=Cc2ccc(-c3ncccn3)cc2)cc1. The Morgan fingerprint density at radius 3 is 1.96 bits per heavy atom. The van der Waals surface area contributed by atoms with Crippen molar-refractivity contribution < 1.29 is 0 Å². The molecule has 0 atom stereocenters. The number of nitrogens with zero attached hydrogens (tertiary/aromatic N) is 3. The van der Waals surface area contributed by atoms with E-state index in [1.54, 1.807) is 18.5 Å². The van der Waals surface area contributed by atoms with Gasteiger partial charge in [0.15, 0.2) is 5.82 Å². The highest BCUT2D eigenvalue weighted by Crippen LogP contribution is 2.17. The number of allylic oxidation sites excluding steroid dienone is 1. The fourth-order valence-corrected chi connectivity index (χ4v) is 2.24. The molecule has 1 aromatic heterocycles. The Morgan fingerprint density at radius 2 is 1.42 bits per heavy atom. The number of rotatable bonds is 4. The lowest BCUT2D eigenvalue weighted by atomic mass is 10.1. The van der Waals surface area contributed by atoms with Crippen molar-refractivity contribution in [1.29, 1.82) is 5.26 Å². The summed E-state index contributed by atoms with van der Waals surface area (Å²) in [5.41, 5.74) is 4.48. The van der Waals surface area contributed by atoms with Crippen LogP contribution in [0.3, 0.4) is 0 Å². The molecule has 0 aliphatic heterocycles. The zero-order valence-corrected chi connectivity index (χ0v) is 13.1. The second-order valence-corrected chi connectivity index (χ2v) is 5.24. The van der Waals surface area contributed by atoms with Crippen molar-refractivity contribution in [2.24, 2.45) is 0 Å². The number of hydrogen-bond acceptors (Lipinski definition) is 3. The zero-order chi connectivity index (χ0) is 16.8. The molecule has 1 heterocycles. The van der Waals surface area contributed by atoms with Gasteiger partial charge in [-0.15, -0.1) is 0 Å². The molecule has 0 saturated heterocycles. The van der Waals surface area contributed by atoms with Crippen LogP contribution in [0.5, 0.6) is 0 Å². The molecule has 114 valence electrons. The van der Waals surface area contributed by atoms with Gasteiger partial charge in [0, 0.05) is 18.0 Å². The summed E-state index contributed by atoms with van der Waals surface area (Å²) in [4.78, 5) is 8.49. The van der Waals surface area contributed by atoms with E-state index in [0.29, 0.717) is 5.57 Å². The monoisotopic (exact) mass is 309 g/mol. The summed E-state index contributed by atoms with van der Waals surface area (Å²) in [6.07, 6.45) is 7.55. The molecule has 0 bridgehead atoms. The molecule has 0 N–H and O–H groups in total. The molecule has 24 heavy (non-hydrogen) atoms. The summed E-state index contributed by atoms with van der Waals surface area (Å²) < 4.78 is 0. The fraction of sp³-hybridized carbons (Fsp3) is 0. The second kappa shape index (κ2) is 7.17. The topological polar surface area (TPSA) is 49.6 Å². The van der Waals surface area contributed by atoms with Gasteiger partial charge in [-0.25, -0.2) is 9.97 Å². The molecule has 3 nitrogen and oxygen atoms in total. The fourth-order valence-electron chi connectivity index (χ4n) is 2.24. The molecule has 0 unspecified atom stereocenters. The molecular weight excluding hydrogens is 294 g/mol. The van der Waals surface area contributed by atoms with Gasteiger partial charge in [-0.2, -0.15) is 5.26 Å². The van der Waals surface area contributed by atoms with Crippen molar-refractivity contribution in [3.05, 3.63) is 90.3 Å². The minimum Gasteiger partial charge on any atom is -0.237 e. The Balaban J connectivity index is 1.73. The van der Waals surface area contributed by atoms with Gasteiger partial charge in [0.25, 0.3) is 0 Å². The van der Waals surface area contributed by atoms with E-state index in [1.165, 1.54) is 0 Å². The molecule has 0 amide bonds. The summed E-state index contributed by atoms with van der Waals surface area (Å²) >= 11 is 0. The molecule has 0 radical (unpaired) electrons. The molecule has 0 fully saturated rings. The Hall–Kier alpha value is -3.51. The Morgan fingerprint density at radius 1 is 0.875 bits per heavy atom. The summed E-state index contributed by atoms with van der Waals surface area (Å²) in [5, 5.41) is 8.84. The highest BCUT2D eigenvalue weighted by molar-refractivity contribution is 5.76. The first-order chi connectivity index (χ1) is 11.8. The van der Waals surface area contributed by atoms with Crippen LogP contribution in [0.15, 0.2) is 73.6 Å². The normalized spacial score (nSPS) is 10.5. The van der Waals surface area contributed by atoms with E-state index in [4.69, 9.17) is 5.26 Å². The lowest BCUT2D eigenvalue weighted by Crippen LogP contribution is -1.86. The van der Waals surface area contributed by atoms with Crippen LogP contribution >= 0.6 is 0 Å². The minimum atomic E-state index is 0.476. The quantitative estimate of drug-likeness (QED) is 0.511. The van der Waals surface area contributed by atoms with Gasteiger partial charge in [-0.05, 0) is 22.8 Å². The molecule has 0 aliphatic carbocycles. The van der Waals surface area contributed by atoms with E-state index in [-0.39, 0.29) is 0 Å². The van der Waals surface area contributed by atoms with Crippen LogP contribution in [0.1, 0.15) is 16.7 Å². The average molecular weight is 309 g/mol. The summed E-state index contributed by atoms with van der Waals surface area (Å²) in [6.45, 7) is 3.71. The second-order valence-electron chi connectivity index (χ2n) is 5.24. The summed E-state index contributed by atoms with van der Waals surface area (Å²) in [7, 11) is 0. The van der Waals surface area contributed by atoms with Crippen molar-refractivity contribution in [3.63, 3.8) is 0 Å². The van der Waals surface area contributed by atoms with Crippen LogP contribution in [0.2, 0.25) is 0 Å². The maximum Gasteiger partial charge on any atom is 0.159 e. The zero-order valence-electron chi connectivity index (χ0n) is 13.1. The van der Waals surface area contributed by atoms with E-state index in [9.17, 15) is 0 Å². The standard InChI is InChI=1S/C21H15N3/c1-16(15-22)19-9-5-17(6-10-19)3-4-18-7-11-20(12-8-18)21-23-13-2-14-24-21/h2-14H,1H2. The minimum absolute atomic E-state index is 0.476. The third kappa shape index (κ3) is 3.63. The van der Waals surface area contributed by atoms with Crippen LogP contribution in [0.25, 0.3) is 29.1 Å². The average Bonchev–Trinajstić information content (AvgIpc) is 2.67. The summed E-state index contributed by atoms with van der Waals surface area (Å²) in [5.74, 6) is 0.723. The molecular formula is C21H15N3. The van der Waals surface area contributed by atoms with Crippen LogP contribution in [0, 0.1) is 11.3 Å². The van der Waals surface area contributed by atoms with Gasteiger partial charge in [-0.3, -0.25) is 0 Å². The predicted octanol–water partition coefficient (Wildman–Crippen LogP) is 4.85. The van der Waals surface area contributed by atoms with E-state index in [0.717, 1.165) is 28.1 Å². The van der Waals surface area contributed by atoms with Crippen molar-refractivity contribution in [2.75, 3.05) is 0 Å². The maximum absolute atomic E-state index is 8.84. The Labute approximate surface area is 141 Å². The first kappa shape index (κ1) is 15.4. The molecule has 0 spiro atoms. The smallest absolute Gasteiger partial charge is 0.159 e. The molecule has 3 rings (SSSR count). The Kier molecular flexibility index (Phi) is 4.60. The van der Waals surface area contributed by atoms with E-state index in [2.05, 4.69) is 22.6 Å². The van der Waals surface area contributed by atoms with E-state index in [1.807, 2.05) is 60.7 Å². The number of hydrogen-bond donors (Lipinski definition) is 0. The highest BCUT2D eigenvalue weighted by Gasteiger charge is 1.99. The van der Waals surface area contributed by atoms with Gasteiger partial charge < -0.3 is 0 Å². The first-order valence-electron chi connectivity index (χ1n) is 7.51. The highest BCUT2D eigenvalue weighted by atomic mass is 14.8. The van der Waals surface area contributed by atoms with Crippen LogP contribution in [-0.4, -0.2) is 9.97 Å². The predicted molar refractivity (Wildman–Crippen MR) is 97.5 cm³/mol. The number of benzene rings is 2. The molecule has 3 heteroatoms. The third-order valence-electron chi connectivity index (χ3n) is 3.60. The molecule has 3 aromatic rings. The largest absolute Gasteiger partial charge is 0.237 e. The number of nitriles is 1. The maximum atomic E-state index is 8.84. The van der Waals surface area contributed by atoms with Crippen molar-refractivity contribution in [3.8, 4) is 17.5 Å². The van der Waals surface area contributed by atoms with Gasteiger partial charge in [0.05, 0.1) is 11.6 Å². The van der Waals surface area contributed by atoms with Crippen LogP contribution in [0.4, 0.5) is 0 Å².